The van der Waals surface area contributed by atoms with Crippen LogP contribution in [0.2, 0.25) is 5.02 Å². The lowest BCUT2D eigenvalue weighted by Gasteiger charge is -2.09. The largest absolute Gasteiger partial charge is 0.481 e. The standard InChI is InChI=1S/C12H7ClF3NO2/c13-9-4-7(5-11(18)19)17-10-3-6(12(14,15)16)1-2-8(9)10/h1-4H,5H2,(H,18,19). The third kappa shape index (κ3) is 2.96. The zero-order valence-corrected chi connectivity index (χ0v) is 10.1. The van der Waals surface area contributed by atoms with Gasteiger partial charge in [0.15, 0.2) is 0 Å². The summed E-state index contributed by atoms with van der Waals surface area (Å²) in [7, 11) is 0. The highest BCUT2D eigenvalue weighted by molar-refractivity contribution is 6.35. The molecule has 0 atom stereocenters. The first-order chi connectivity index (χ1) is 8.77. The molecule has 3 nitrogen and oxygen atoms in total. The molecular weight excluding hydrogens is 283 g/mol. The molecule has 19 heavy (non-hydrogen) atoms. The van der Waals surface area contributed by atoms with Gasteiger partial charge in [0.05, 0.1) is 28.2 Å². The van der Waals surface area contributed by atoms with Crippen LogP contribution in [0.5, 0.6) is 0 Å². The number of carboxylic acids is 1. The number of alkyl halides is 3. The highest BCUT2D eigenvalue weighted by Gasteiger charge is 2.30. The van der Waals surface area contributed by atoms with Gasteiger partial charge in [-0.25, -0.2) is 0 Å². The van der Waals surface area contributed by atoms with Crippen LogP contribution >= 0.6 is 11.6 Å². The summed E-state index contributed by atoms with van der Waals surface area (Å²) in [5.41, 5.74) is -0.709. The van der Waals surface area contributed by atoms with E-state index in [1.54, 1.807) is 0 Å². The van der Waals surface area contributed by atoms with Gasteiger partial charge in [-0.3, -0.25) is 9.78 Å². The Bertz CT molecular complexity index is 655. The molecule has 1 aromatic carbocycles. The molecule has 0 fully saturated rings. The second-order valence-electron chi connectivity index (χ2n) is 3.90. The second-order valence-corrected chi connectivity index (χ2v) is 4.30. The minimum Gasteiger partial charge on any atom is -0.481 e. The zero-order valence-electron chi connectivity index (χ0n) is 9.33. The number of carboxylic acid groups (broad SMARTS) is 1. The van der Waals surface area contributed by atoms with Gasteiger partial charge in [-0.15, -0.1) is 0 Å². The molecule has 0 saturated heterocycles. The highest BCUT2D eigenvalue weighted by Crippen LogP contribution is 2.32. The van der Waals surface area contributed by atoms with Gasteiger partial charge in [0, 0.05) is 5.39 Å². The van der Waals surface area contributed by atoms with Crippen LogP contribution in [0.4, 0.5) is 13.2 Å². The summed E-state index contributed by atoms with van der Waals surface area (Å²) in [6, 6.07) is 4.32. The Labute approximate surface area is 110 Å². The minimum atomic E-state index is -4.48. The summed E-state index contributed by atoms with van der Waals surface area (Å²) >= 11 is 5.90. The van der Waals surface area contributed by atoms with Crippen LogP contribution in [0.15, 0.2) is 24.3 Å². The molecule has 1 N–H and O–H groups in total. The second kappa shape index (κ2) is 4.70. The molecule has 2 aromatic rings. The zero-order chi connectivity index (χ0) is 14.2. The first-order valence-electron chi connectivity index (χ1n) is 5.15. The van der Waals surface area contributed by atoms with Crippen molar-refractivity contribution in [1.82, 2.24) is 4.98 Å². The molecule has 0 aliphatic carbocycles. The van der Waals surface area contributed by atoms with Crippen LogP contribution in [0, 0.1) is 0 Å². The molecule has 0 saturated carbocycles. The lowest BCUT2D eigenvalue weighted by Crippen LogP contribution is -2.06. The molecule has 0 aliphatic rings. The number of benzene rings is 1. The van der Waals surface area contributed by atoms with E-state index in [-0.39, 0.29) is 16.2 Å². The molecule has 0 bridgehead atoms. The van der Waals surface area contributed by atoms with Gasteiger partial charge in [-0.05, 0) is 18.2 Å². The summed E-state index contributed by atoms with van der Waals surface area (Å²) in [6.07, 6.45) is -4.88. The van der Waals surface area contributed by atoms with E-state index in [2.05, 4.69) is 4.98 Å². The van der Waals surface area contributed by atoms with E-state index in [0.29, 0.717) is 5.39 Å². The molecular formula is C12H7ClF3NO2. The summed E-state index contributed by atoms with van der Waals surface area (Å²) in [5.74, 6) is -1.13. The van der Waals surface area contributed by atoms with Gasteiger partial charge in [-0.2, -0.15) is 13.2 Å². The molecule has 0 spiro atoms. The highest BCUT2D eigenvalue weighted by atomic mass is 35.5. The van der Waals surface area contributed by atoms with Crippen molar-refractivity contribution in [2.75, 3.05) is 0 Å². The quantitative estimate of drug-likeness (QED) is 0.920. The number of rotatable bonds is 2. The van der Waals surface area contributed by atoms with E-state index < -0.39 is 24.1 Å². The van der Waals surface area contributed by atoms with E-state index in [1.165, 1.54) is 12.1 Å². The fraction of sp³-hybridized carbons (Fsp3) is 0.167. The molecule has 0 radical (unpaired) electrons. The third-order valence-corrected chi connectivity index (χ3v) is 2.78. The Morgan fingerprint density at radius 3 is 2.58 bits per heavy atom. The van der Waals surface area contributed by atoms with Crippen molar-refractivity contribution in [2.45, 2.75) is 12.6 Å². The molecule has 0 unspecified atom stereocenters. The van der Waals surface area contributed by atoms with E-state index in [0.717, 1.165) is 12.1 Å². The van der Waals surface area contributed by atoms with E-state index >= 15 is 0 Å². The Balaban J connectivity index is 2.59. The Morgan fingerprint density at radius 1 is 1.32 bits per heavy atom. The van der Waals surface area contributed by atoms with Crippen LogP contribution in [-0.2, 0) is 17.4 Å². The van der Waals surface area contributed by atoms with Gasteiger partial charge in [0.2, 0.25) is 0 Å². The minimum absolute atomic E-state index is 0.0265. The van der Waals surface area contributed by atoms with Crippen molar-refractivity contribution in [3.05, 3.63) is 40.5 Å². The number of hydrogen-bond donors (Lipinski definition) is 1. The Kier molecular flexibility index (Phi) is 3.36. The third-order valence-electron chi connectivity index (χ3n) is 2.47. The SMILES string of the molecule is O=C(O)Cc1cc(Cl)c2ccc(C(F)(F)F)cc2n1. The van der Waals surface area contributed by atoms with Crippen molar-refractivity contribution in [3.63, 3.8) is 0 Å². The molecule has 100 valence electrons. The number of nitrogens with zero attached hydrogens (tertiary/aromatic N) is 1. The van der Waals surface area contributed by atoms with Crippen molar-refractivity contribution < 1.29 is 23.1 Å². The maximum Gasteiger partial charge on any atom is 0.416 e. The topological polar surface area (TPSA) is 50.2 Å². The Hall–Kier alpha value is -1.82. The number of aromatic nitrogens is 1. The van der Waals surface area contributed by atoms with Crippen LogP contribution in [-0.4, -0.2) is 16.1 Å². The fourth-order valence-electron chi connectivity index (χ4n) is 1.66. The number of fused-ring (bicyclic) bond motifs is 1. The molecule has 7 heteroatoms. The predicted molar refractivity (Wildman–Crippen MR) is 63.1 cm³/mol. The van der Waals surface area contributed by atoms with Gasteiger partial charge in [0.1, 0.15) is 0 Å². The van der Waals surface area contributed by atoms with E-state index in [4.69, 9.17) is 16.7 Å². The summed E-state index contributed by atoms with van der Waals surface area (Å²) in [4.78, 5) is 14.5. The van der Waals surface area contributed by atoms with Crippen LogP contribution in [0.25, 0.3) is 10.9 Å². The first kappa shape index (κ1) is 13.6. The number of carbonyl (C=O) groups is 1. The maximum absolute atomic E-state index is 12.6. The molecule has 0 amide bonds. The van der Waals surface area contributed by atoms with Crippen molar-refractivity contribution in [2.24, 2.45) is 0 Å². The van der Waals surface area contributed by atoms with Crippen molar-refractivity contribution >= 4 is 28.5 Å². The van der Waals surface area contributed by atoms with E-state index in [1.807, 2.05) is 0 Å². The lowest BCUT2D eigenvalue weighted by molar-refractivity contribution is -0.138. The summed E-state index contributed by atoms with van der Waals surface area (Å²) < 4.78 is 37.7. The number of hydrogen-bond acceptors (Lipinski definition) is 2. The average molecular weight is 290 g/mol. The maximum atomic E-state index is 12.6. The van der Waals surface area contributed by atoms with Crippen LogP contribution in [0.1, 0.15) is 11.3 Å². The number of halogens is 4. The molecule has 1 aromatic heterocycles. The van der Waals surface area contributed by atoms with Crippen molar-refractivity contribution in [3.8, 4) is 0 Å². The van der Waals surface area contributed by atoms with E-state index in [9.17, 15) is 18.0 Å². The summed E-state index contributed by atoms with van der Waals surface area (Å²) in [6.45, 7) is 0. The Morgan fingerprint density at radius 2 is 2.00 bits per heavy atom. The van der Waals surface area contributed by atoms with Gasteiger partial charge in [0.25, 0.3) is 0 Å². The molecule has 2 rings (SSSR count). The van der Waals surface area contributed by atoms with Crippen molar-refractivity contribution in [1.29, 1.82) is 0 Å². The molecule has 1 heterocycles. The normalized spacial score (nSPS) is 11.8. The fourth-order valence-corrected chi connectivity index (χ4v) is 1.94. The lowest BCUT2D eigenvalue weighted by atomic mass is 10.1. The molecule has 0 aliphatic heterocycles. The average Bonchev–Trinajstić information content (AvgIpc) is 2.26. The van der Waals surface area contributed by atoms with Crippen LogP contribution in [0.3, 0.4) is 0 Å². The van der Waals surface area contributed by atoms with Gasteiger partial charge >= 0.3 is 12.1 Å². The first-order valence-corrected chi connectivity index (χ1v) is 5.53. The smallest absolute Gasteiger partial charge is 0.416 e. The number of aliphatic carboxylic acids is 1. The van der Waals surface area contributed by atoms with Gasteiger partial charge < -0.3 is 5.11 Å². The van der Waals surface area contributed by atoms with Crippen LogP contribution < -0.4 is 0 Å². The van der Waals surface area contributed by atoms with Gasteiger partial charge in [-0.1, -0.05) is 17.7 Å². The summed E-state index contributed by atoms with van der Waals surface area (Å²) in [5, 5.41) is 9.18. The number of pyridine rings is 1. The predicted octanol–water partition coefficient (Wildman–Crippen LogP) is 3.53. The monoisotopic (exact) mass is 289 g/mol.